The first-order valence-electron chi connectivity index (χ1n) is 4.49. The quantitative estimate of drug-likeness (QED) is 0.263. The molecule has 4 N–H and O–H groups in total. The van der Waals surface area contributed by atoms with E-state index >= 15 is 0 Å². The van der Waals surface area contributed by atoms with Gasteiger partial charge in [0.25, 0.3) is 0 Å². The van der Waals surface area contributed by atoms with Crippen LogP contribution in [0.4, 0.5) is 0 Å². The summed E-state index contributed by atoms with van der Waals surface area (Å²) in [5, 5.41) is 0. The Kier molecular flexibility index (Phi) is 14.3. The van der Waals surface area contributed by atoms with E-state index in [1.165, 1.54) is 0 Å². The van der Waals surface area contributed by atoms with E-state index in [9.17, 15) is 4.57 Å². The molecule has 82 valence electrons. The topological polar surface area (TPSA) is 87.6 Å². The van der Waals surface area contributed by atoms with Gasteiger partial charge in [-0.1, -0.05) is 13.3 Å². The molecule has 0 aromatic carbocycles. The van der Waals surface area contributed by atoms with E-state index in [1.54, 1.807) is 0 Å². The maximum absolute atomic E-state index is 11.0. The summed E-state index contributed by atoms with van der Waals surface area (Å²) >= 11 is 0. The van der Waals surface area contributed by atoms with E-state index in [2.05, 4.69) is 0 Å². The van der Waals surface area contributed by atoms with Crippen molar-refractivity contribution in [3.8, 4) is 0 Å². The predicted molar refractivity (Wildman–Crippen MR) is 59.7 cm³/mol. The minimum atomic E-state index is -2.41. The third kappa shape index (κ3) is 10.7. The van der Waals surface area contributed by atoms with Crippen LogP contribution in [0.5, 0.6) is 0 Å². The van der Waals surface area contributed by atoms with Crippen molar-refractivity contribution in [1.82, 2.24) is 0 Å². The molecule has 0 amide bonds. The molecule has 0 aliphatic heterocycles. The molecule has 0 aromatic heterocycles. The SMILES string of the molecule is CCCCO[PH](=O)OC(N)CCN.[LiH]. The van der Waals surface area contributed by atoms with E-state index in [4.69, 9.17) is 20.5 Å². The van der Waals surface area contributed by atoms with Crippen molar-refractivity contribution in [2.45, 2.75) is 32.4 Å². The van der Waals surface area contributed by atoms with Crippen molar-refractivity contribution < 1.29 is 13.6 Å². The summed E-state index contributed by atoms with van der Waals surface area (Å²) < 4.78 is 20.8. The maximum atomic E-state index is 11.0. The van der Waals surface area contributed by atoms with Crippen molar-refractivity contribution in [3.63, 3.8) is 0 Å². The van der Waals surface area contributed by atoms with Crippen molar-refractivity contribution in [1.29, 1.82) is 0 Å². The van der Waals surface area contributed by atoms with E-state index in [0.717, 1.165) is 12.8 Å². The number of rotatable bonds is 8. The molecule has 5 nitrogen and oxygen atoms in total. The summed E-state index contributed by atoms with van der Waals surface area (Å²) in [5.74, 6) is 0. The number of hydrogen-bond donors (Lipinski definition) is 2. The van der Waals surface area contributed by atoms with Crippen LogP contribution in [0.1, 0.15) is 26.2 Å². The standard InChI is InChI=1S/C7H19N2O3P.Li.H/c1-2-3-6-11-13(10)12-7(9)4-5-8;;/h7,13H,2-6,8-9H2,1H3;;. The summed E-state index contributed by atoms with van der Waals surface area (Å²) in [6, 6.07) is 0. The number of hydrogen-bond acceptors (Lipinski definition) is 5. The van der Waals surface area contributed by atoms with Gasteiger partial charge in [0.1, 0.15) is 6.23 Å². The summed E-state index contributed by atoms with van der Waals surface area (Å²) in [6.45, 7) is 2.91. The number of unbranched alkanes of at least 4 members (excludes halogenated alkanes) is 1. The van der Waals surface area contributed by atoms with Crippen LogP contribution in [0.25, 0.3) is 0 Å². The Hall–Kier alpha value is 0.667. The number of nitrogens with two attached hydrogens (primary N) is 2. The fraction of sp³-hybridized carbons (Fsp3) is 1.00. The molecule has 0 fully saturated rings. The summed E-state index contributed by atoms with van der Waals surface area (Å²) in [6.07, 6.45) is 1.81. The van der Waals surface area contributed by atoms with Gasteiger partial charge in [0.2, 0.25) is 0 Å². The van der Waals surface area contributed by atoms with Gasteiger partial charge < -0.3 is 16.0 Å². The van der Waals surface area contributed by atoms with Crippen molar-refractivity contribution >= 4 is 27.1 Å². The van der Waals surface area contributed by atoms with Gasteiger partial charge in [-0.15, -0.1) is 0 Å². The fourth-order valence-electron chi connectivity index (χ4n) is 0.681. The fourth-order valence-corrected chi connectivity index (χ4v) is 1.42. The van der Waals surface area contributed by atoms with Crippen LogP contribution in [0.2, 0.25) is 0 Å². The zero-order chi connectivity index (χ0) is 10.1. The summed E-state index contributed by atoms with van der Waals surface area (Å²) in [7, 11) is -2.41. The molecule has 0 aromatic rings. The molecule has 0 aliphatic carbocycles. The van der Waals surface area contributed by atoms with Gasteiger partial charge in [-0.05, 0) is 19.4 Å². The molecule has 7 heteroatoms. The first-order chi connectivity index (χ1) is 6.20. The summed E-state index contributed by atoms with van der Waals surface area (Å²) in [4.78, 5) is 0. The Balaban J connectivity index is 0. The Morgan fingerprint density at radius 3 is 2.64 bits per heavy atom. The van der Waals surface area contributed by atoms with Crippen LogP contribution in [0.3, 0.4) is 0 Å². The zero-order valence-electron chi connectivity index (χ0n) is 7.99. The molecule has 0 heterocycles. The normalized spacial score (nSPS) is 14.5. The van der Waals surface area contributed by atoms with Gasteiger partial charge in [0.05, 0.1) is 6.61 Å². The Labute approximate surface area is 98.0 Å². The van der Waals surface area contributed by atoms with Crippen LogP contribution >= 0.6 is 8.25 Å². The first-order valence-corrected chi connectivity index (χ1v) is 5.72. The predicted octanol–water partition coefficient (Wildman–Crippen LogP) is 0.195. The second-order valence-electron chi connectivity index (χ2n) is 2.69. The van der Waals surface area contributed by atoms with Gasteiger partial charge in [0, 0.05) is 0 Å². The molecule has 2 unspecified atom stereocenters. The van der Waals surface area contributed by atoms with E-state index in [0.29, 0.717) is 19.6 Å². The van der Waals surface area contributed by atoms with E-state index in [1.807, 2.05) is 6.92 Å². The van der Waals surface area contributed by atoms with Crippen molar-refractivity contribution in [3.05, 3.63) is 0 Å². The van der Waals surface area contributed by atoms with Gasteiger partial charge in [-0.25, -0.2) is 0 Å². The monoisotopic (exact) mass is 218 g/mol. The molecule has 14 heavy (non-hydrogen) atoms. The zero-order valence-corrected chi connectivity index (χ0v) is 8.99. The van der Waals surface area contributed by atoms with Gasteiger partial charge in [0.15, 0.2) is 0 Å². The van der Waals surface area contributed by atoms with Crippen LogP contribution in [-0.2, 0) is 13.6 Å². The minimum absolute atomic E-state index is 0. The van der Waals surface area contributed by atoms with Crippen molar-refractivity contribution in [2.24, 2.45) is 11.5 Å². The van der Waals surface area contributed by atoms with Crippen LogP contribution in [-0.4, -0.2) is 38.2 Å². The second kappa shape index (κ2) is 11.7. The van der Waals surface area contributed by atoms with Gasteiger partial charge in [-0.2, -0.15) is 0 Å². The van der Waals surface area contributed by atoms with Crippen LogP contribution in [0.15, 0.2) is 0 Å². The summed E-state index contributed by atoms with van der Waals surface area (Å²) in [5.41, 5.74) is 10.7. The third-order valence-electron chi connectivity index (χ3n) is 1.42. The van der Waals surface area contributed by atoms with Crippen molar-refractivity contribution in [2.75, 3.05) is 13.2 Å². The molecule has 0 rings (SSSR count). The van der Waals surface area contributed by atoms with Crippen LogP contribution < -0.4 is 11.5 Å². The molecule has 0 spiro atoms. The second-order valence-corrected chi connectivity index (χ2v) is 3.71. The molecule has 0 bridgehead atoms. The molecular formula is C7H20LiN2O3P. The first kappa shape index (κ1) is 17.1. The average Bonchev–Trinajstić information content (AvgIpc) is 2.05. The van der Waals surface area contributed by atoms with Gasteiger partial charge >= 0.3 is 27.1 Å². The van der Waals surface area contributed by atoms with Gasteiger partial charge in [-0.3, -0.25) is 9.09 Å². The molecular weight excluding hydrogens is 198 g/mol. The molecule has 2 atom stereocenters. The average molecular weight is 218 g/mol. The van der Waals surface area contributed by atoms with E-state index in [-0.39, 0.29) is 18.9 Å². The van der Waals surface area contributed by atoms with E-state index < -0.39 is 14.5 Å². The molecule has 0 saturated carbocycles. The Bertz CT molecular complexity index is 151. The third-order valence-corrected chi connectivity index (χ3v) is 2.35. The Morgan fingerprint density at radius 1 is 1.50 bits per heavy atom. The Morgan fingerprint density at radius 2 is 2.14 bits per heavy atom. The van der Waals surface area contributed by atoms with Crippen LogP contribution in [0, 0.1) is 0 Å². The molecule has 0 radical (unpaired) electrons. The molecule has 0 aliphatic rings. The molecule has 0 saturated heterocycles.